The predicted molar refractivity (Wildman–Crippen MR) is 75.7 cm³/mol. The molecule has 8 nitrogen and oxygen atoms in total. The van der Waals surface area contributed by atoms with Gasteiger partial charge >= 0.3 is 5.82 Å². The monoisotopic (exact) mass is 294 g/mol. The highest BCUT2D eigenvalue weighted by molar-refractivity contribution is 7.99. The van der Waals surface area contributed by atoms with Crippen molar-refractivity contribution in [1.82, 2.24) is 19.5 Å². The van der Waals surface area contributed by atoms with Crippen molar-refractivity contribution in [2.45, 2.75) is 11.4 Å². The van der Waals surface area contributed by atoms with Gasteiger partial charge in [0.25, 0.3) is 0 Å². The summed E-state index contributed by atoms with van der Waals surface area (Å²) in [6.45, 7) is 0.711. The number of anilines is 1. The fraction of sp³-hybridized carbons (Fsp3) is 0.364. The van der Waals surface area contributed by atoms with Gasteiger partial charge < -0.3 is 20.0 Å². The summed E-state index contributed by atoms with van der Waals surface area (Å²) in [6.07, 6.45) is 5.63. The summed E-state index contributed by atoms with van der Waals surface area (Å²) in [5.74, 6) is 1.25. The lowest BCUT2D eigenvalue weighted by Gasteiger charge is -2.04. The van der Waals surface area contributed by atoms with Crippen LogP contribution in [-0.2, 0) is 7.05 Å². The van der Waals surface area contributed by atoms with Gasteiger partial charge in [-0.05, 0) is 22.4 Å². The molecule has 9 heteroatoms. The summed E-state index contributed by atoms with van der Waals surface area (Å²) < 4.78 is 1.66. The van der Waals surface area contributed by atoms with E-state index in [1.807, 2.05) is 0 Å². The molecule has 0 bridgehead atoms. The van der Waals surface area contributed by atoms with E-state index in [-0.39, 0.29) is 5.82 Å². The van der Waals surface area contributed by atoms with Crippen molar-refractivity contribution in [1.29, 1.82) is 0 Å². The minimum atomic E-state index is -0.460. The van der Waals surface area contributed by atoms with Crippen LogP contribution in [-0.4, -0.2) is 36.7 Å². The van der Waals surface area contributed by atoms with Gasteiger partial charge in [-0.2, -0.15) is 0 Å². The Morgan fingerprint density at radius 3 is 2.85 bits per heavy atom. The van der Waals surface area contributed by atoms with E-state index in [4.69, 9.17) is 0 Å². The molecule has 2 aromatic heterocycles. The van der Waals surface area contributed by atoms with Crippen molar-refractivity contribution < 1.29 is 4.92 Å². The van der Waals surface area contributed by atoms with Crippen molar-refractivity contribution in [3.05, 3.63) is 34.9 Å². The van der Waals surface area contributed by atoms with Crippen LogP contribution in [0.5, 0.6) is 0 Å². The van der Waals surface area contributed by atoms with Gasteiger partial charge in [0.05, 0.1) is 0 Å². The molecular formula is C11H14N6O2S. The third-order valence-electron chi connectivity index (χ3n) is 2.45. The van der Waals surface area contributed by atoms with Crippen LogP contribution in [0.25, 0.3) is 0 Å². The fourth-order valence-corrected chi connectivity index (χ4v) is 2.52. The predicted octanol–water partition coefficient (Wildman–Crippen LogP) is 1.71. The molecule has 0 aliphatic carbocycles. The molecule has 1 N–H and O–H groups in total. The summed E-state index contributed by atoms with van der Waals surface area (Å²) in [4.78, 5) is 22.2. The lowest BCUT2D eigenvalue weighted by Crippen LogP contribution is -2.05. The van der Waals surface area contributed by atoms with Gasteiger partial charge in [-0.15, -0.1) is 0 Å². The van der Waals surface area contributed by atoms with Gasteiger partial charge in [0.1, 0.15) is 0 Å². The second kappa shape index (κ2) is 6.85. The standard InChI is InChI=1S/C11H14N6O2S/c1-16-8-15-9(17(18)19)10(16)20-7-3-6-14-11-12-4-2-5-13-11/h2,4-5,8H,3,6-7H2,1H3,(H,12,13,14). The van der Waals surface area contributed by atoms with Crippen molar-refractivity contribution in [2.75, 3.05) is 17.6 Å². The summed E-state index contributed by atoms with van der Waals surface area (Å²) >= 11 is 1.42. The molecule has 0 unspecified atom stereocenters. The lowest BCUT2D eigenvalue weighted by molar-refractivity contribution is -0.392. The topological polar surface area (TPSA) is 98.8 Å². The molecule has 2 heterocycles. The Kier molecular flexibility index (Phi) is 4.88. The van der Waals surface area contributed by atoms with Crippen LogP contribution in [0, 0.1) is 10.1 Å². The summed E-state index contributed by atoms with van der Waals surface area (Å²) in [6, 6.07) is 1.75. The average Bonchev–Trinajstić information content (AvgIpc) is 2.81. The summed E-state index contributed by atoms with van der Waals surface area (Å²) in [5.41, 5.74) is 0. The van der Waals surface area contributed by atoms with Crippen LogP contribution in [0.4, 0.5) is 11.8 Å². The Morgan fingerprint density at radius 1 is 1.40 bits per heavy atom. The molecule has 0 spiro atoms. The van der Waals surface area contributed by atoms with Gasteiger partial charge in [-0.3, -0.25) is 0 Å². The van der Waals surface area contributed by atoms with E-state index in [2.05, 4.69) is 20.3 Å². The van der Waals surface area contributed by atoms with E-state index in [1.165, 1.54) is 18.1 Å². The second-order valence-corrected chi connectivity index (χ2v) is 5.03. The molecule has 0 saturated heterocycles. The number of nitrogens with zero attached hydrogens (tertiary/aromatic N) is 5. The molecule has 0 aliphatic heterocycles. The van der Waals surface area contributed by atoms with E-state index < -0.39 is 4.92 Å². The molecule has 0 aliphatic rings. The van der Waals surface area contributed by atoms with Gasteiger partial charge in [-0.1, -0.05) is 11.8 Å². The van der Waals surface area contributed by atoms with Gasteiger partial charge in [0, 0.05) is 31.7 Å². The minimum Gasteiger partial charge on any atom is -0.358 e. The maximum Gasteiger partial charge on any atom is 0.395 e. The number of aryl methyl sites for hydroxylation is 1. The highest BCUT2D eigenvalue weighted by Crippen LogP contribution is 2.27. The third-order valence-corrected chi connectivity index (χ3v) is 3.68. The van der Waals surface area contributed by atoms with E-state index in [0.29, 0.717) is 17.5 Å². The largest absolute Gasteiger partial charge is 0.395 e. The number of nitro groups is 1. The first-order chi connectivity index (χ1) is 9.68. The maximum absolute atomic E-state index is 10.8. The van der Waals surface area contributed by atoms with Gasteiger partial charge in [0.15, 0.2) is 5.03 Å². The first kappa shape index (κ1) is 14.3. The van der Waals surface area contributed by atoms with Gasteiger partial charge in [-0.25, -0.2) is 9.97 Å². The number of aromatic nitrogens is 4. The quantitative estimate of drug-likeness (QED) is 0.359. The molecule has 0 fully saturated rings. The summed E-state index contributed by atoms with van der Waals surface area (Å²) in [7, 11) is 1.75. The maximum atomic E-state index is 10.8. The van der Waals surface area contributed by atoms with Crippen LogP contribution in [0.3, 0.4) is 0 Å². The fourth-order valence-electron chi connectivity index (χ4n) is 1.53. The molecule has 106 valence electrons. The molecule has 2 rings (SSSR count). The SMILES string of the molecule is Cn1cnc([N+](=O)[O-])c1SCCCNc1ncccn1. The van der Waals surface area contributed by atoms with E-state index >= 15 is 0 Å². The zero-order valence-corrected chi connectivity index (χ0v) is 11.7. The highest BCUT2D eigenvalue weighted by atomic mass is 32.2. The lowest BCUT2D eigenvalue weighted by atomic mass is 10.5. The number of hydrogen-bond acceptors (Lipinski definition) is 7. The van der Waals surface area contributed by atoms with Crippen LogP contribution in [0.15, 0.2) is 29.8 Å². The number of rotatable bonds is 7. The van der Waals surface area contributed by atoms with Crippen LogP contribution in [0.1, 0.15) is 6.42 Å². The van der Waals surface area contributed by atoms with Crippen LogP contribution in [0.2, 0.25) is 0 Å². The highest BCUT2D eigenvalue weighted by Gasteiger charge is 2.19. The van der Waals surface area contributed by atoms with E-state index in [0.717, 1.165) is 12.2 Å². The smallest absolute Gasteiger partial charge is 0.358 e. The molecule has 2 aromatic rings. The Morgan fingerprint density at radius 2 is 2.15 bits per heavy atom. The van der Waals surface area contributed by atoms with Crippen molar-refractivity contribution in [2.24, 2.45) is 7.05 Å². The van der Waals surface area contributed by atoms with Crippen molar-refractivity contribution in [3.63, 3.8) is 0 Å². The molecule has 0 amide bonds. The molecule has 0 aromatic carbocycles. The molecule has 0 saturated carbocycles. The Balaban J connectivity index is 1.76. The molecule has 0 radical (unpaired) electrons. The zero-order chi connectivity index (χ0) is 14.4. The third kappa shape index (κ3) is 3.67. The first-order valence-electron chi connectivity index (χ1n) is 5.98. The molecule has 0 atom stereocenters. The Bertz CT molecular complexity index is 574. The zero-order valence-electron chi connectivity index (χ0n) is 10.9. The van der Waals surface area contributed by atoms with Crippen LogP contribution >= 0.6 is 11.8 Å². The van der Waals surface area contributed by atoms with Gasteiger partial charge in [0.2, 0.25) is 12.3 Å². The Labute approximate surface area is 119 Å². The van der Waals surface area contributed by atoms with Crippen LogP contribution < -0.4 is 5.32 Å². The number of nitrogens with one attached hydrogen (secondary N) is 1. The molecular weight excluding hydrogens is 280 g/mol. The minimum absolute atomic E-state index is 0.0862. The van der Waals surface area contributed by atoms with Crippen molar-refractivity contribution >= 4 is 23.5 Å². The van der Waals surface area contributed by atoms with E-state index in [9.17, 15) is 10.1 Å². The Hall–Kier alpha value is -2.16. The summed E-state index contributed by atoms with van der Waals surface area (Å²) in [5, 5.41) is 14.5. The number of imidazole rings is 1. The van der Waals surface area contributed by atoms with Crippen molar-refractivity contribution in [3.8, 4) is 0 Å². The van der Waals surface area contributed by atoms with E-state index in [1.54, 1.807) is 30.1 Å². The second-order valence-electron chi connectivity index (χ2n) is 3.94. The average molecular weight is 294 g/mol. The number of hydrogen-bond donors (Lipinski definition) is 1. The number of thioether (sulfide) groups is 1. The first-order valence-corrected chi connectivity index (χ1v) is 6.96. The normalized spacial score (nSPS) is 10.4. The molecule has 20 heavy (non-hydrogen) atoms.